The molecule has 1 aliphatic heterocycles. The van der Waals surface area contributed by atoms with E-state index in [0.29, 0.717) is 23.8 Å². The van der Waals surface area contributed by atoms with Gasteiger partial charge in [-0.15, -0.1) is 0 Å². The zero-order valence-electron chi connectivity index (χ0n) is 15.2. The Morgan fingerprint density at radius 2 is 2.11 bits per heavy atom. The molecule has 1 aromatic carbocycles. The highest BCUT2D eigenvalue weighted by Gasteiger charge is 2.24. The summed E-state index contributed by atoms with van der Waals surface area (Å²) in [6, 6.07) is 9.03. The lowest BCUT2D eigenvalue weighted by Gasteiger charge is -2.27. The average molecular weight is 405 g/mol. The van der Waals surface area contributed by atoms with Crippen molar-refractivity contribution in [3.8, 4) is 5.75 Å². The van der Waals surface area contributed by atoms with Gasteiger partial charge in [-0.05, 0) is 25.1 Å². The zero-order chi connectivity index (χ0) is 20.1. The lowest BCUT2D eigenvalue weighted by atomic mass is 10.0. The van der Waals surface area contributed by atoms with E-state index in [0.717, 1.165) is 5.56 Å². The molecule has 0 unspecified atom stereocenters. The van der Waals surface area contributed by atoms with Crippen LogP contribution in [0.25, 0.3) is 0 Å². The Labute approximate surface area is 167 Å². The van der Waals surface area contributed by atoms with E-state index >= 15 is 0 Å². The number of pyridine rings is 1. The Morgan fingerprint density at radius 3 is 2.89 bits per heavy atom. The molecule has 0 bridgehead atoms. The Hall–Kier alpha value is -2.84. The summed E-state index contributed by atoms with van der Waals surface area (Å²) in [7, 11) is 0. The van der Waals surface area contributed by atoms with Crippen LogP contribution in [-0.4, -0.2) is 41.3 Å². The Kier molecular flexibility index (Phi) is 6.33. The molecule has 4 N–H and O–H groups in total. The fourth-order valence-corrected chi connectivity index (χ4v) is 3.06. The van der Waals surface area contributed by atoms with Crippen LogP contribution in [0.5, 0.6) is 5.75 Å². The van der Waals surface area contributed by atoms with E-state index < -0.39 is 18.0 Å². The molecule has 2 atom stereocenters. The third-order valence-electron chi connectivity index (χ3n) is 4.21. The molecule has 0 radical (unpaired) electrons. The summed E-state index contributed by atoms with van der Waals surface area (Å²) in [5.74, 6) is 0.384. The Bertz CT molecular complexity index is 877. The maximum atomic E-state index is 12.4. The summed E-state index contributed by atoms with van der Waals surface area (Å²) in [5.41, 5.74) is 0.953. The molecule has 0 saturated carbocycles. The smallest absolute Gasteiger partial charge is 0.320 e. The van der Waals surface area contributed by atoms with Crippen molar-refractivity contribution in [1.82, 2.24) is 15.6 Å². The molecule has 2 aromatic rings. The van der Waals surface area contributed by atoms with Gasteiger partial charge in [-0.3, -0.25) is 10.1 Å². The van der Waals surface area contributed by atoms with Crippen molar-refractivity contribution in [2.24, 2.45) is 0 Å². The van der Waals surface area contributed by atoms with Gasteiger partial charge in [0.2, 0.25) is 0 Å². The van der Waals surface area contributed by atoms with Gasteiger partial charge in [-0.1, -0.05) is 29.8 Å². The van der Waals surface area contributed by atoms with Crippen LogP contribution in [-0.2, 0) is 0 Å². The number of para-hydroxylation sites is 1. The van der Waals surface area contributed by atoms with E-state index in [2.05, 4.69) is 20.9 Å². The number of anilines is 1. The number of rotatable bonds is 5. The van der Waals surface area contributed by atoms with Crippen LogP contribution < -0.4 is 20.7 Å². The first-order chi connectivity index (χ1) is 13.5. The first-order valence-electron chi connectivity index (χ1n) is 8.85. The van der Waals surface area contributed by atoms with Crippen LogP contribution in [0.2, 0.25) is 5.02 Å². The van der Waals surface area contributed by atoms with Gasteiger partial charge in [0.05, 0.1) is 24.3 Å². The molecular weight excluding hydrogens is 384 g/mol. The lowest BCUT2D eigenvalue weighted by molar-refractivity contribution is 0.0917. The van der Waals surface area contributed by atoms with Crippen molar-refractivity contribution >= 4 is 29.4 Å². The normalized spacial score (nSPS) is 16.3. The van der Waals surface area contributed by atoms with Crippen LogP contribution in [0.3, 0.4) is 0 Å². The van der Waals surface area contributed by atoms with E-state index in [-0.39, 0.29) is 24.2 Å². The number of hydrogen-bond acceptors (Lipinski definition) is 5. The number of aliphatic hydroxyl groups is 1. The summed E-state index contributed by atoms with van der Waals surface area (Å²) >= 11 is 6.15. The third kappa shape index (κ3) is 4.71. The van der Waals surface area contributed by atoms with Crippen molar-refractivity contribution < 1.29 is 19.4 Å². The Morgan fingerprint density at radius 1 is 1.32 bits per heavy atom. The summed E-state index contributed by atoms with van der Waals surface area (Å²) in [6.07, 6.45) is 0.607. The molecule has 0 saturated heterocycles. The van der Waals surface area contributed by atoms with Gasteiger partial charge in [0, 0.05) is 18.0 Å². The first-order valence-corrected chi connectivity index (χ1v) is 9.23. The van der Waals surface area contributed by atoms with Crippen molar-refractivity contribution in [3.63, 3.8) is 0 Å². The fraction of sp³-hybridized carbons (Fsp3) is 0.316. The second kappa shape index (κ2) is 8.90. The number of benzene rings is 1. The van der Waals surface area contributed by atoms with Gasteiger partial charge < -0.3 is 20.5 Å². The highest BCUT2D eigenvalue weighted by atomic mass is 35.5. The molecule has 0 aliphatic carbocycles. The maximum absolute atomic E-state index is 12.4. The van der Waals surface area contributed by atoms with Gasteiger partial charge >= 0.3 is 6.03 Å². The number of nitrogens with one attached hydrogen (secondary N) is 3. The van der Waals surface area contributed by atoms with E-state index in [1.165, 1.54) is 6.07 Å². The maximum Gasteiger partial charge on any atom is 0.320 e. The third-order valence-corrected chi connectivity index (χ3v) is 4.50. The topological polar surface area (TPSA) is 113 Å². The molecule has 3 amide bonds. The molecule has 1 aromatic heterocycles. The minimum Gasteiger partial charge on any atom is -0.492 e. The predicted octanol–water partition coefficient (Wildman–Crippen LogP) is 2.49. The first kappa shape index (κ1) is 19.9. The van der Waals surface area contributed by atoms with Crippen molar-refractivity contribution in [3.05, 3.63) is 52.7 Å². The van der Waals surface area contributed by atoms with E-state index in [4.69, 9.17) is 21.4 Å². The second-order valence-electron chi connectivity index (χ2n) is 6.41. The zero-order valence-corrected chi connectivity index (χ0v) is 16.0. The number of fused-ring (bicyclic) bond motifs is 1. The number of carbonyl (C=O) groups excluding carboxylic acids is 2. The summed E-state index contributed by atoms with van der Waals surface area (Å²) < 4.78 is 5.59. The number of halogens is 1. The molecule has 2 heterocycles. The molecule has 148 valence electrons. The molecule has 0 spiro atoms. The fourth-order valence-electron chi connectivity index (χ4n) is 2.82. The molecule has 8 nitrogen and oxygen atoms in total. The van der Waals surface area contributed by atoms with Crippen LogP contribution >= 0.6 is 11.6 Å². The van der Waals surface area contributed by atoms with Gasteiger partial charge in [-0.2, -0.15) is 0 Å². The monoisotopic (exact) mass is 404 g/mol. The molecule has 0 fully saturated rings. The van der Waals surface area contributed by atoms with Gasteiger partial charge in [0.1, 0.15) is 17.3 Å². The number of amides is 3. The van der Waals surface area contributed by atoms with Crippen LogP contribution in [0.1, 0.15) is 35.4 Å². The quantitative estimate of drug-likeness (QED) is 0.611. The molecular formula is C19H21ClN4O4. The lowest BCUT2D eigenvalue weighted by Crippen LogP contribution is -2.36. The summed E-state index contributed by atoms with van der Waals surface area (Å²) in [5, 5.41) is 17.6. The van der Waals surface area contributed by atoms with Crippen LogP contribution in [0.4, 0.5) is 10.6 Å². The van der Waals surface area contributed by atoms with E-state index in [1.807, 2.05) is 6.07 Å². The second-order valence-corrected chi connectivity index (χ2v) is 6.82. The number of aliphatic hydroxyl groups excluding tert-OH is 1. The highest BCUT2D eigenvalue weighted by Crippen LogP contribution is 2.37. The Balaban J connectivity index is 1.66. The average Bonchev–Trinajstić information content (AvgIpc) is 2.69. The molecule has 28 heavy (non-hydrogen) atoms. The molecule has 9 heteroatoms. The van der Waals surface area contributed by atoms with E-state index in [9.17, 15) is 9.59 Å². The standard InChI is InChI=1S/C19H21ClN4O4/c1-11(10-25)21-18(26)15-6-3-7-16(22-15)24-19(27)23-14-8-9-28-17-12(14)4-2-5-13(17)20/h2-7,11,14,25H,8-10H2,1H3,(H,21,26)(H2,22,23,24,27)/t11-,14+/m1/s1. The minimum absolute atomic E-state index is 0.140. The van der Waals surface area contributed by atoms with Gasteiger partial charge in [0.25, 0.3) is 5.91 Å². The summed E-state index contributed by atoms with van der Waals surface area (Å²) in [6.45, 7) is 1.94. The number of urea groups is 1. The number of ether oxygens (including phenoxy) is 1. The molecule has 3 rings (SSSR count). The highest BCUT2D eigenvalue weighted by molar-refractivity contribution is 6.32. The number of carbonyl (C=O) groups is 2. The summed E-state index contributed by atoms with van der Waals surface area (Å²) in [4.78, 5) is 28.6. The van der Waals surface area contributed by atoms with E-state index in [1.54, 1.807) is 31.2 Å². The molecule has 1 aliphatic rings. The van der Waals surface area contributed by atoms with Crippen molar-refractivity contribution in [1.29, 1.82) is 0 Å². The van der Waals surface area contributed by atoms with Crippen molar-refractivity contribution in [2.45, 2.75) is 25.4 Å². The SMILES string of the molecule is C[C@H](CO)NC(=O)c1cccc(NC(=O)N[C@H]2CCOc3c(Cl)cccc32)n1. The predicted molar refractivity (Wildman–Crippen MR) is 105 cm³/mol. The largest absolute Gasteiger partial charge is 0.492 e. The van der Waals surface area contributed by atoms with Gasteiger partial charge in [0.15, 0.2) is 0 Å². The van der Waals surface area contributed by atoms with Crippen LogP contribution in [0, 0.1) is 0 Å². The minimum atomic E-state index is -0.452. The number of nitrogens with zero attached hydrogens (tertiary/aromatic N) is 1. The number of hydrogen-bond donors (Lipinski definition) is 4. The van der Waals surface area contributed by atoms with Crippen LogP contribution in [0.15, 0.2) is 36.4 Å². The number of aromatic nitrogens is 1. The van der Waals surface area contributed by atoms with Crippen molar-refractivity contribution in [2.75, 3.05) is 18.5 Å². The van der Waals surface area contributed by atoms with Gasteiger partial charge in [-0.25, -0.2) is 9.78 Å².